The van der Waals surface area contributed by atoms with Gasteiger partial charge in [-0.25, -0.2) is 0 Å². The summed E-state index contributed by atoms with van der Waals surface area (Å²) in [6, 6.07) is 6.84. The molecule has 0 bridgehead atoms. The molecule has 0 aromatic heterocycles. The molecule has 0 amide bonds. The fourth-order valence-corrected chi connectivity index (χ4v) is 3.05. The molecular formula is C18H22N2O4. The quantitative estimate of drug-likeness (QED) is 0.792. The largest absolute Gasteiger partial charge is 0.491 e. The second-order valence-corrected chi connectivity index (χ2v) is 5.85. The Kier molecular flexibility index (Phi) is 5.27. The van der Waals surface area contributed by atoms with Gasteiger partial charge in [-0.15, -0.1) is 0 Å². The fraction of sp³-hybridized carbons (Fsp3) is 0.444. The Labute approximate surface area is 141 Å². The van der Waals surface area contributed by atoms with E-state index in [2.05, 4.69) is 10.2 Å². The topological polar surface area (TPSA) is 67.9 Å². The van der Waals surface area contributed by atoms with Gasteiger partial charge in [-0.05, 0) is 13.0 Å². The van der Waals surface area contributed by atoms with E-state index >= 15 is 0 Å². The average Bonchev–Trinajstić information content (AvgIpc) is 2.63. The van der Waals surface area contributed by atoms with E-state index in [9.17, 15) is 9.59 Å². The number of allylic oxidation sites excluding steroid dienone is 2. The molecule has 0 spiro atoms. The molecule has 24 heavy (non-hydrogen) atoms. The number of nitrogens with zero attached hydrogens (tertiary/aromatic N) is 1. The minimum Gasteiger partial charge on any atom is -0.491 e. The van der Waals surface area contributed by atoms with Crippen molar-refractivity contribution in [1.82, 2.24) is 10.2 Å². The lowest BCUT2D eigenvalue weighted by Crippen LogP contribution is -2.38. The average molecular weight is 330 g/mol. The molecule has 0 unspecified atom stereocenters. The molecule has 0 radical (unpaired) electrons. The van der Waals surface area contributed by atoms with Crippen LogP contribution in [0.4, 0.5) is 0 Å². The SMILES string of the molecule is COC1=C(NCCCN2CCOCC2)C(=O)c2ccccc2C1=O. The monoisotopic (exact) mass is 330 g/mol. The number of hydrogen-bond donors (Lipinski definition) is 1. The van der Waals surface area contributed by atoms with Gasteiger partial charge in [0.15, 0.2) is 5.76 Å². The first-order valence-electron chi connectivity index (χ1n) is 8.23. The maximum Gasteiger partial charge on any atom is 0.230 e. The van der Waals surface area contributed by atoms with Gasteiger partial charge in [0.05, 0.1) is 20.3 Å². The molecule has 6 heteroatoms. The van der Waals surface area contributed by atoms with Gasteiger partial charge in [-0.3, -0.25) is 14.5 Å². The summed E-state index contributed by atoms with van der Waals surface area (Å²) in [7, 11) is 1.42. The van der Waals surface area contributed by atoms with E-state index < -0.39 is 0 Å². The molecule has 6 nitrogen and oxygen atoms in total. The molecule has 1 aliphatic heterocycles. The lowest BCUT2D eigenvalue weighted by atomic mass is 9.91. The molecule has 0 saturated carbocycles. The smallest absolute Gasteiger partial charge is 0.230 e. The van der Waals surface area contributed by atoms with Crippen LogP contribution in [-0.4, -0.2) is 63.0 Å². The van der Waals surface area contributed by atoms with Gasteiger partial charge in [0, 0.05) is 30.8 Å². The van der Waals surface area contributed by atoms with E-state index in [0.717, 1.165) is 39.3 Å². The lowest BCUT2D eigenvalue weighted by Gasteiger charge is -2.26. The number of rotatable bonds is 6. The number of Topliss-reactive ketones (excluding diaryl/α,β-unsaturated/α-hetero) is 2. The van der Waals surface area contributed by atoms with Crippen LogP contribution in [-0.2, 0) is 9.47 Å². The van der Waals surface area contributed by atoms with Crippen LogP contribution in [0.3, 0.4) is 0 Å². The first kappa shape index (κ1) is 16.7. The van der Waals surface area contributed by atoms with Crippen molar-refractivity contribution in [3.05, 3.63) is 46.8 Å². The van der Waals surface area contributed by atoms with Crippen molar-refractivity contribution in [3.8, 4) is 0 Å². The standard InChI is InChI=1S/C18H22N2O4/c1-23-18-15(19-7-4-8-20-9-11-24-12-10-20)16(21)13-5-2-3-6-14(13)17(18)22/h2-3,5-6,19H,4,7-12H2,1H3. The molecule has 1 aromatic rings. The highest BCUT2D eigenvalue weighted by Gasteiger charge is 2.32. The number of ketones is 2. The number of methoxy groups -OCH3 is 1. The van der Waals surface area contributed by atoms with Crippen molar-refractivity contribution < 1.29 is 19.1 Å². The van der Waals surface area contributed by atoms with Crippen LogP contribution in [0.2, 0.25) is 0 Å². The Balaban J connectivity index is 1.64. The molecule has 1 aromatic carbocycles. The van der Waals surface area contributed by atoms with Gasteiger partial charge >= 0.3 is 0 Å². The Morgan fingerprint density at radius 1 is 1.12 bits per heavy atom. The van der Waals surface area contributed by atoms with Crippen molar-refractivity contribution in [1.29, 1.82) is 0 Å². The van der Waals surface area contributed by atoms with Gasteiger partial charge in [0.2, 0.25) is 11.6 Å². The van der Waals surface area contributed by atoms with Crippen LogP contribution < -0.4 is 5.32 Å². The third kappa shape index (κ3) is 3.34. The molecule has 0 atom stereocenters. The third-order valence-electron chi connectivity index (χ3n) is 4.34. The minimum absolute atomic E-state index is 0.102. The molecule has 1 saturated heterocycles. The zero-order valence-electron chi connectivity index (χ0n) is 13.8. The van der Waals surface area contributed by atoms with Gasteiger partial charge < -0.3 is 14.8 Å². The lowest BCUT2D eigenvalue weighted by molar-refractivity contribution is 0.0375. The highest BCUT2D eigenvalue weighted by atomic mass is 16.5. The molecule has 1 aliphatic carbocycles. The predicted octanol–water partition coefficient (Wildman–Crippen LogP) is 1.24. The highest BCUT2D eigenvalue weighted by molar-refractivity contribution is 6.25. The zero-order chi connectivity index (χ0) is 16.9. The molecule has 1 N–H and O–H groups in total. The van der Waals surface area contributed by atoms with Crippen molar-refractivity contribution in [2.75, 3.05) is 46.5 Å². The molecular weight excluding hydrogens is 308 g/mol. The van der Waals surface area contributed by atoms with E-state index in [0.29, 0.717) is 17.7 Å². The predicted molar refractivity (Wildman–Crippen MR) is 89.0 cm³/mol. The van der Waals surface area contributed by atoms with Crippen LogP contribution in [0, 0.1) is 0 Å². The van der Waals surface area contributed by atoms with E-state index in [-0.39, 0.29) is 23.0 Å². The maximum absolute atomic E-state index is 12.6. The number of nitrogens with one attached hydrogen (secondary N) is 1. The Bertz CT molecular complexity index is 663. The summed E-state index contributed by atoms with van der Waals surface area (Å²) in [6.07, 6.45) is 0.879. The number of ether oxygens (including phenoxy) is 2. The Morgan fingerprint density at radius 3 is 2.46 bits per heavy atom. The summed E-state index contributed by atoms with van der Waals surface area (Å²) in [5, 5.41) is 3.11. The molecule has 128 valence electrons. The summed E-state index contributed by atoms with van der Waals surface area (Å²) < 4.78 is 10.5. The van der Waals surface area contributed by atoms with Crippen molar-refractivity contribution >= 4 is 11.6 Å². The van der Waals surface area contributed by atoms with E-state index in [1.807, 2.05) is 0 Å². The summed E-state index contributed by atoms with van der Waals surface area (Å²) in [5.74, 6) is -0.332. The van der Waals surface area contributed by atoms with Crippen molar-refractivity contribution in [2.45, 2.75) is 6.42 Å². The normalized spacial score (nSPS) is 18.5. The van der Waals surface area contributed by atoms with Crippen LogP contribution in [0.5, 0.6) is 0 Å². The zero-order valence-corrected chi connectivity index (χ0v) is 13.8. The molecule has 3 rings (SSSR count). The number of hydrogen-bond acceptors (Lipinski definition) is 6. The fourth-order valence-electron chi connectivity index (χ4n) is 3.05. The molecule has 2 aliphatic rings. The number of carbonyl (C=O) groups is 2. The third-order valence-corrected chi connectivity index (χ3v) is 4.34. The highest BCUT2D eigenvalue weighted by Crippen LogP contribution is 2.25. The summed E-state index contributed by atoms with van der Waals surface area (Å²) in [6.45, 7) is 4.98. The van der Waals surface area contributed by atoms with Gasteiger partial charge in [-0.2, -0.15) is 0 Å². The van der Waals surface area contributed by atoms with Gasteiger partial charge in [0.1, 0.15) is 5.70 Å². The van der Waals surface area contributed by atoms with E-state index in [1.165, 1.54) is 7.11 Å². The number of benzene rings is 1. The van der Waals surface area contributed by atoms with Crippen LogP contribution >= 0.6 is 0 Å². The Hall–Kier alpha value is -2.18. The Morgan fingerprint density at radius 2 is 1.79 bits per heavy atom. The van der Waals surface area contributed by atoms with Crippen molar-refractivity contribution in [2.24, 2.45) is 0 Å². The summed E-state index contributed by atoms with van der Waals surface area (Å²) in [5.41, 5.74) is 1.10. The first-order chi connectivity index (χ1) is 11.7. The minimum atomic E-state index is -0.247. The first-order valence-corrected chi connectivity index (χ1v) is 8.23. The maximum atomic E-state index is 12.6. The number of carbonyl (C=O) groups excluding carboxylic acids is 2. The summed E-state index contributed by atoms with van der Waals surface area (Å²) >= 11 is 0. The van der Waals surface area contributed by atoms with Crippen molar-refractivity contribution in [3.63, 3.8) is 0 Å². The van der Waals surface area contributed by atoms with Gasteiger partial charge in [-0.1, -0.05) is 24.3 Å². The van der Waals surface area contributed by atoms with E-state index in [1.54, 1.807) is 24.3 Å². The summed E-state index contributed by atoms with van der Waals surface area (Å²) in [4.78, 5) is 27.5. The van der Waals surface area contributed by atoms with Crippen LogP contribution in [0.25, 0.3) is 0 Å². The van der Waals surface area contributed by atoms with Gasteiger partial charge in [0.25, 0.3) is 0 Å². The molecule has 1 fully saturated rings. The van der Waals surface area contributed by atoms with Crippen LogP contribution in [0.15, 0.2) is 35.7 Å². The van der Waals surface area contributed by atoms with E-state index in [4.69, 9.17) is 9.47 Å². The van der Waals surface area contributed by atoms with Crippen LogP contribution in [0.1, 0.15) is 27.1 Å². The number of fused-ring (bicyclic) bond motifs is 1. The molecule has 1 heterocycles. The second-order valence-electron chi connectivity index (χ2n) is 5.85. The number of morpholine rings is 1. The second kappa shape index (κ2) is 7.59.